The Morgan fingerprint density at radius 2 is 1.67 bits per heavy atom. The molecule has 7 nitrogen and oxygen atoms in total. The lowest BCUT2D eigenvalue weighted by Gasteiger charge is -2.31. The Bertz CT molecular complexity index is 1310. The van der Waals surface area contributed by atoms with Gasteiger partial charge in [-0.1, -0.05) is 35.5 Å². The van der Waals surface area contributed by atoms with Crippen molar-refractivity contribution in [2.75, 3.05) is 26.2 Å². The number of amides is 1. The number of oxime groups is 1. The topological polar surface area (TPSA) is 78.1 Å². The Morgan fingerprint density at radius 1 is 0.949 bits per heavy atom. The number of benzene rings is 2. The van der Waals surface area contributed by atoms with Crippen LogP contribution in [0.15, 0.2) is 72.0 Å². The van der Waals surface area contributed by atoms with Crippen molar-refractivity contribution in [3.63, 3.8) is 0 Å². The molecule has 0 spiro atoms. The highest BCUT2D eigenvalue weighted by Gasteiger charge is 2.30. The fourth-order valence-electron chi connectivity index (χ4n) is 5.70. The molecular weight excluding hydrogens is 495 g/mol. The minimum atomic E-state index is -0.326. The van der Waals surface area contributed by atoms with Crippen molar-refractivity contribution in [2.45, 2.75) is 45.2 Å². The number of carbonyl (C=O) groups is 2. The van der Waals surface area contributed by atoms with E-state index in [0.717, 1.165) is 50.9 Å². The van der Waals surface area contributed by atoms with Gasteiger partial charge in [0.05, 0.1) is 5.71 Å². The molecule has 39 heavy (non-hydrogen) atoms. The molecule has 3 aromatic rings. The van der Waals surface area contributed by atoms with Crippen LogP contribution in [0.3, 0.4) is 0 Å². The van der Waals surface area contributed by atoms with E-state index in [4.69, 9.17) is 0 Å². The first-order valence-corrected chi connectivity index (χ1v) is 13.8. The number of hydrogen-bond donors (Lipinski definition) is 1. The highest BCUT2D eigenvalue weighted by atomic mass is 19.1. The molecule has 0 aliphatic carbocycles. The molecule has 0 radical (unpaired) electrons. The standard InChI is InChI=1S/C31H35FN4O3/c32-26-10-8-24(9-11-26)30(37)25-12-18-34(19-13-25)16-4-5-17-35-20-14-27-28(33-39)15-21-36(31(38)29(27)35)22-23-6-2-1-3-7-23/h1-3,6-11,14,20,25,39H,4-5,12-13,15-19,21-22H2/b33-28+. The fourth-order valence-corrected chi connectivity index (χ4v) is 5.70. The van der Waals surface area contributed by atoms with Gasteiger partial charge in [-0.3, -0.25) is 9.59 Å². The minimum Gasteiger partial charge on any atom is -0.411 e. The predicted octanol–water partition coefficient (Wildman–Crippen LogP) is 5.23. The third kappa shape index (κ3) is 6.28. The molecule has 0 saturated carbocycles. The summed E-state index contributed by atoms with van der Waals surface area (Å²) in [4.78, 5) is 30.6. The summed E-state index contributed by atoms with van der Waals surface area (Å²) < 4.78 is 15.2. The average Bonchev–Trinajstić information content (AvgIpc) is 3.33. The first kappa shape index (κ1) is 26.8. The van der Waals surface area contributed by atoms with Crippen LogP contribution < -0.4 is 0 Å². The number of fused-ring (bicyclic) bond motifs is 1. The maximum absolute atomic E-state index is 13.6. The molecule has 8 heteroatoms. The molecule has 2 aliphatic rings. The van der Waals surface area contributed by atoms with Crippen molar-refractivity contribution in [1.82, 2.24) is 14.4 Å². The summed E-state index contributed by atoms with van der Waals surface area (Å²) in [5, 5.41) is 13.1. The molecule has 204 valence electrons. The van der Waals surface area contributed by atoms with E-state index in [1.54, 1.807) is 12.1 Å². The number of carbonyl (C=O) groups excluding carboxylic acids is 2. The number of Topliss-reactive ketones (excluding diaryl/α,β-unsaturated/α-hetero) is 1. The zero-order valence-corrected chi connectivity index (χ0v) is 22.1. The van der Waals surface area contributed by atoms with Gasteiger partial charge in [-0.15, -0.1) is 0 Å². The molecule has 0 unspecified atom stereocenters. The summed E-state index contributed by atoms with van der Waals surface area (Å²) in [5.41, 5.74) is 3.51. The van der Waals surface area contributed by atoms with E-state index >= 15 is 0 Å². The number of likely N-dealkylation sites (tertiary alicyclic amines) is 1. The normalized spacial score (nSPS) is 17.8. The van der Waals surface area contributed by atoms with Crippen molar-refractivity contribution >= 4 is 17.4 Å². The Balaban J connectivity index is 1.14. The van der Waals surface area contributed by atoms with Gasteiger partial charge < -0.3 is 19.6 Å². The molecule has 1 fully saturated rings. The second kappa shape index (κ2) is 12.4. The monoisotopic (exact) mass is 530 g/mol. The summed E-state index contributed by atoms with van der Waals surface area (Å²) in [6.45, 7) is 4.42. The van der Waals surface area contributed by atoms with Gasteiger partial charge in [-0.25, -0.2) is 4.39 Å². The molecule has 2 aliphatic heterocycles. The van der Waals surface area contributed by atoms with E-state index in [9.17, 15) is 19.2 Å². The SMILES string of the molecule is O=C(c1ccc(F)cc1)C1CCN(CCCCn2ccc3c2C(=O)N(Cc2ccccc2)CC/C3=N\O)CC1. The number of aryl methyl sites for hydroxylation is 1. The van der Waals surface area contributed by atoms with Crippen LogP contribution in [0.2, 0.25) is 0 Å². The van der Waals surface area contributed by atoms with E-state index < -0.39 is 0 Å². The van der Waals surface area contributed by atoms with E-state index in [2.05, 4.69) is 10.1 Å². The van der Waals surface area contributed by atoms with E-state index in [0.29, 0.717) is 48.6 Å². The van der Waals surface area contributed by atoms with Crippen molar-refractivity contribution < 1.29 is 19.2 Å². The summed E-state index contributed by atoms with van der Waals surface area (Å²) in [6.07, 6.45) is 5.95. The Labute approximate surface area is 228 Å². The summed E-state index contributed by atoms with van der Waals surface area (Å²) in [6, 6.07) is 17.7. The lowest BCUT2D eigenvalue weighted by atomic mass is 9.89. The molecule has 1 saturated heterocycles. The van der Waals surface area contributed by atoms with Crippen molar-refractivity contribution in [3.05, 3.63) is 95.1 Å². The Morgan fingerprint density at radius 3 is 2.38 bits per heavy atom. The first-order valence-electron chi connectivity index (χ1n) is 13.8. The van der Waals surface area contributed by atoms with Gasteiger partial charge in [0.1, 0.15) is 11.5 Å². The zero-order chi connectivity index (χ0) is 27.2. The number of ketones is 1. The predicted molar refractivity (Wildman–Crippen MR) is 148 cm³/mol. The summed E-state index contributed by atoms with van der Waals surface area (Å²) >= 11 is 0. The van der Waals surface area contributed by atoms with Crippen molar-refractivity contribution in [2.24, 2.45) is 11.1 Å². The van der Waals surface area contributed by atoms with Gasteiger partial charge in [0.2, 0.25) is 0 Å². The molecule has 5 rings (SSSR count). The molecule has 2 aromatic carbocycles. The molecule has 0 bridgehead atoms. The van der Waals surface area contributed by atoms with Crippen molar-refractivity contribution in [3.8, 4) is 0 Å². The maximum atomic E-state index is 13.6. The number of aromatic nitrogens is 1. The second-order valence-electron chi connectivity index (χ2n) is 10.5. The molecular formula is C31H35FN4O3. The van der Waals surface area contributed by atoms with Crippen LogP contribution in [0.5, 0.6) is 0 Å². The third-order valence-corrected chi connectivity index (χ3v) is 7.93. The number of halogens is 1. The van der Waals surface area contributed by atoms with Gasteiger partial charge in [-0.05, 0) is 81.2 Å². The van der Waals surface area contributed by atoms with Gasteiger partial charge in [0, 0.05) is 49.3 Å². The second-order valence-corrected chi connectivity index (χ2v) is 10.5. The van der Waals surface area contributed by atoms with Gasteiger partial charge in [0.25, 0.3) is 5.91 Å². The highest BCUT2D eigenvalue weighted by Crippen LogP contribution is 2.24. The first-order chi connectivity index (χ1) is 19.0. The number of nitrogens with zero attached hydrogens (tertiary/aromatic N) is 4. The lowest BCUT2D eigenvalue weighted by Crippen LogP contribution is -2.37. The van der Waals surface area contributed by atoms with Crippen LogP contribution in [0.1, 0.15) is 64.1 Å². The molecule has 0 atom stereocenters. The van der Waals surface area contributed by atoms with E-state index in [1.807, 2.05) is 52.1 Å². The number of hydrogen-bond acceptors (Lipinski definition) is 5. The lowest BCUT2D eigenvalue weighted by molar-refractivity contribution is 0.0739. The van der Waals surface area contributed by atoms with Crippen molar-refractivity contribution in [1.29, 1.82) is 0 Å². The fraction of sp³-hybridized carbons (Fsp3) is 0.387. The van der Waals surface area contributed by atoms with Crippen LogP contribution in [0.4, 0.5) is 4.39 Å². The smallest absolute Gasteiger partial charge is 0.271 e. The molecule has 1 amide bonds. The van der Waals surface area contributed by atoms with Crippen LogP contribution in [0, 0.1) is 11.7 Å². The molecule has 1 N–H and O–H groups in total. The third-order valence-electron chi connectivity index (χ3n) is 7.93. The Hall–Kier alpha value is -3.78. The van der Waals surface area contributed by atoms with Crippen LogP contribution in [0.25, 0.3) is 0 Å². The van der Waals surface area contributed by atoms with Gasteiger partial charge >= 0.3 is 0 Å². The van der Waals surface area contributed by atoms with Gasteiger partial charge in [-0.2, -0.15) is 0 Å². The molecule has 3 heterocycles. The number of rotatable bonds is 9. The quantitative estimate of drug-likeness (QED) is 0.178. The largest absolute Gasteiger partial charge is 0.411 e. The summed E-state index contributed by atoms with van der Waals surface area (Å²) in [7, 11) is 0. The highest BCUT2D eigenvalue weighted by molar-refractivity contribution is 6.11. The molecule has 1 aromatic heterocycles. The number of piperidine rings is 1. The van der Waals surface area contributed by atoms with Gasteiger partial charge in [0.15, 0.2) is 5.78 Å². The number of unbranched alkanes of at least 4 members (excludes halogenated alkanes) is 1. The maximum Gasteiger partial charge on any atom is 0.271 e. The summed E-state index contributed by atoms with van der Waals surface area (Å²) in [5.74, 6) is -0.257. The average molecular weight is 531 g/mol. The minimum absolute atomic E-state index is 0.00530. The Kier molecular flexibility index (Phi) is 8.51. The van der Waals surface area contributed by atoms with Crippen LogP contribution in [-0.4, -0.2) is 63.2 Å². The van der Waals surface area contributed by atoms with E-state index in [1.165, 1.54) is 12.1 Å². The van der Waals surface area contributed by atoms with Crippen LogP contribution >= 0.6 is 0 Å². The van der Waals surface area contributed by atoms with E-state index in [-0.39, 0.29) is 23.4 Å². The van der Waals surface area contributed by atoms with Crippen LogP contribution in [-0.2, 0) is 13.1 Å². The zero-order valence-electron chi connectivity index (χ0n) is 22.1.